The monoisotopic (exact) mass is 472 g/mol. The zero-order chi connectivity index (χ0) is 23.9. The summed E-state index contributed by atoms with van der Waals surface area (Å²) in [6.07, 6.45) is 4.62. The van der Waals surface area contributed by atoms with Crippen LogP contribution in [0.4, 0.5) is 5.82 Å². The van der Waals surface area contributed by atoms with Gasteiger partial charge in [-0.15, -0.1) is 0 Å². The van der Waals surface area contributed by atoms with Crippen LogP contribution >= 0.6 is 0 Å². The summed E-state index contributed by atoms with van der Waals surface area (Å²) in [5.41, 5.74) is 2.65. The third-order valence-corrected chi connectivity index (χ3v) is 6.77. The zero-order valence-electron chi connectivity index (χ0n) is 20.0. The molecule has 9 nitrogen and oxygen atoms in total. The first kappa shape index (κ1) is 21.6. The molecule has 1 amide bonds. The van der Waals surface area contributed by atoms with Gasteiger partial charge in [-0.25, -0.2) is 14.6 Å². The van der Waals surface area contributed by atoms with Gasteiger partial charge in [0.05, 0.1) is 30.1 Å². The summed E-state index contributed by atoms with van der Waals surface area (Å²) in [5, 5.41) is 5.83. The van der Waals surface area contributed by atoms with Gasteiger partial charge in [-0.3, -0.25) is 4.79 Å². The van der Waals surface area contributed by atoms with Gasteiger partial charge in [-0.2, -0.15) is 5.10 Å². The topological polar surface area (TPSA) is 89.5 Å². The van der Waals surface area contributed by atoms with Gasteiger partial charge in [0.1, 0.15) is 17.4 Å². The van der Waals surface area contributed by atoms with Crippen molar-refractivity contribution in [3.05, 3.63) is 59.9 Å². The molecule has 4 aromatic rings. The number of aryl methyl sites for hydroxylation is 1. The van der Waals surface area contributed by atoms with Crippen LogP contribution in [0.25, 0.3) is 16.7 Å². The number of amides is 1. The standard InChI is InChI=1S/C26H28N6O3/c1-17-22-24(30-12-4-13-31(15-14-30)26(33)21-5-3-16-35-21)27-23(18-6-7-18)28-25(22)32(29-17)19-8-10-20(34-2)11-9-19/h3,5,8-11,16,18H,4,6-7,12-15H2,1-2H3. The van der Waals surface area contributed by atoms with E-state index in [4.69, 9.17) is 24.2 Å². The van der Waals surface area contributed by atoms with E-state index < -0.39 is 0 Å². The minimum absolute atomic E-state index is 0.0631. The lowest BCUT2D eigenvalue weighted by Gasteiger charge is -2.23. The number of anilines is 1. The maximum absolute atomic E-state index is 12.8. The highest BCUT2D eigenvalue weighted by Crippen LogP contribution is 2.40. The van der Waals surface area contributed by atoms with Crippen molar-refractivity contribution in [2.75, 3.05) is 38.2 Å². The van der Waals surface area contributed by atoms with Gasteiger partial charge in [-0.05, 0) is 62.6 Å². The fourth-order valence-electron chi connectivity index (χ4n) is 4.72. The molecule has 0 bridgehead atoms. The molecule has 3 aromatic heterocycles. The Bertz CT molecular complexity index is 1360. The molecule has 0 radical (unpaired) electrons. The van der Waals surface area contributed by atoms with E-state index in [1.54, 1.807) is 19.2 Å². The quantitative estimate of drug-likeness (QED) is 0.434. The fourth-order valence-corrected chi connectivity index (χ4v) is 4.72. The van der Waals surface area contributed by atoms with Crippen LogP contribution in [0.2, 0.25) is 0 Å². The third-order valence-electron chi connectivity index (χ3n) is 6.77. The Balaban J connectivity index is 1.37. The van der Waals surface area contributed by atoms with E-state index >= 15 is 0 Å². The summed E-state index contributed by atoms with van der Waals surface area (Å²) in [6, 6.07) is 11.3. The lowest BCUT2D eigenvalue weighted by Crippen LogP contribution is -2.35. The first-order chi connectivity index (χ1) is 17.1. The van der Waals surface area contributed by atoms with Crippen LogP contribution in [-0.4, -0.2) is 63.8 Å². The summed E-state index contributed by atoms with van der Waals surface area (Å²) < 4.78 is 12.6. The number of hydrogen-bond donors (Lipinski definition) is 0. The molecular weight excluding hydrogens is 444 g/mol. The molecule has 1 saturated heterocycles. The van der Waals surface area contributed by atoms with Crippen molar-refractivity contribution in [1.29, 1.82) is 0 Å². The number of aromatic nitrogens is 4. The summed E-state index contributed by atoms with van der Waals surface area (Å²) in [4.78, 5) is 27.1. The van der Waals surface area contributed by atoms with Crippen LogP contribution in [0.1, 0.15) is 47.3 Å². The molecule has 2 fully saturated rings. The summed E-state index contributed by atoms with van der Waals surface area (Å²) in [6.45, 7) is 4.80. The Morgan fingerprint density at radius 2 is 1.89 bits per heavy atom. The average molecular weight is 473 g/mol. The lowest BCUT2D eigenvalue weighted by molar-refractivity contribution is 0.0735. The second kappa shape index (κ2) is 8.72. The van der Waals surface area contributed by atoms with Crippen LogP contribution in [-0.2, 0) is 0 Å². The van der Waals surface area contributed by atoms with Gasteiger partial charge in [0.15, 0.2) is 11.4 Å². The van der Waals surface area contributed by atoms with Crippen LogP contribution in [0.3, 0.4) is 0 Å². The van der Waals surface area contributed by atoms with Crippen LogP contribution in [0.5, 0.6) is 5.75 Å². The number of furan rings is 1. The van der Waals surface area contributed by atoms with Crippen molar-refractivity contribution in [2.24, 2.45) is 0 Å². The summed E-state index contributed by atoms with van der Waals surface area (Å²) in [5.74, 6) is 3.33. The van der Waals surface area contributed by atoms with Crippen molar-refractivity contribution in [1.82, 2.24) is 24.6 Å². The molecule has 0 atom stereocenters. The van der Waals surface area contributed by atoms with Crippen LogP contribution in [0, 0.1) is 6.92 Å². The van der Waals surface area contributed by atoms with E-state index in [1.165, 1.54) is 6.26 Å². The Morgan fingerprint density at radius 1 is 1.06 bits per heavy atom. The second-order valence-corrected chi connectivity index (χ2v) is 9.18. The van der Waals surface area contributed by atoms with Gasteiger partial charge in [0.25, 0.3) is 5.91 Å². The molecule has 180 valence electrons. The van der Waals surface area contributed by atoms with Gasteiger partial charge in [0.2, 0.25) is 0 Å². The number of carbonyl (C=O) groups excluding carboxylic acids is 1. The Kier molecular flexibility index (Phi) is 5.39. The first-order valence-corrected chi connectivity index (χ1v) is 12.1. The maximum Gasteiger partial charge on any atom is 0.289 e. The van der Waals surface area contributed by atoms with Gasteiger partial charge in [-0.1, -0.05) is 0 Å². The van der Waals surface area contributed by atoms with Crippen molar-refractivity contribution < 1.29 is 13.9 Å². The van der Waals surface area contributed by atoms with E-state index in [9.17, 15) is 4.79 Å². The minimum Gasteiger partial charge on any atom is -0.497 e. The van der Waals surface area contributed by atoms with E-state index in [0.717, 1.165) is 65.6 Å². The predicted molar refractivity (Wildman–Crippen MR) is 131 cm³/mol. The van der Waals surface area contributed by atoms with Crippen molar-refractivity contribution >= 4 is 22.8 Å². The first-order valence-electron chi connectivity index (χ1n) is 12.1. The zero-order valence-corrected chi connectivity index (χ0v) is 20.0. The highest BCUT2D eigenvalue weighted by Gasteiger charge is 2.31. The Morgan fingerprint density at radius 3 is 2.60 bits per heavy atom. The van der Waals surface area contributed by atoms with Gasteiger partial charge >= 0.3 is 0 Å². The average Bonchev–Trinajstić information content (AvgIpc) is 3.57. The number of methoxy groups -OCH3 is 1. The molecule has 0 spiro atoms. The van der Waals surface area contributed by atoms with Crippen LogP contribution in [0.15, 0.2) is 47.1 Å². The van der Waals surface area contributed by atoms with E-state index in [1.807, 2.05) is 40.8 Å². The number of nitrogens with zero attached hydrogens (tertiary/aromatic N) is 6. The molecule has 2 aliphatic rings. The second-order valence-electron chi connectivity index (χ2n) is 9.18. The SMILES string of the molecule is COc1ccc(-n2nc(C)c3c(N4CCCN(C(=O)c5ccco5)CC4)nc(C4CC4)nc32)cc1. The van der Waals surface area contributed by atoms with Crippen molar-refractivity contribution in [2.45, 2.75) is 32.1 Å². The molecule has 9 heteroatoms. The normalized spacial score (nSPS) is 16.5. The van der Waals surface area contributed by atoms with Crippen molar-refractivity contribution in [3.8, 4) is 11.4 Å². The highest BCUT2D eigenvalue weighted by atomic mass is 16.5. The lowest BCUT2D eigenvalue weighted by atomic mass is 10.2. The molecule has 0 N–H and O–H groups in total. The van der Waals surface area contributed by atoms with E-state index in [-0.39, 0.29) is 5.91 Å². The molecule has 0 unspecified atom stereocenters. The van der Waals surface area contributed by atoms with E-state index in [2.05, 4.69) is 4.90 Å². The molecule has 35 heavy (non-hydrogen) atoms. The molecule has 1 aliphatic carbocycles. The largest absolute Gasteiger partial charge is 0.497 e. The predicted octanol–water partition coefficient (Wildman–Crippen LogP) is 3.96. The van der Waals surface area contributed by atoms with Gasteiger partial charge < -0.3 is 19.0 Å². The summed E-state index contributed by atoms with van der Waals surface area (Å²) in [7, 11) is 1.66. The number of rotatable bonds is 5. The molecule has 4 heterocycles. The number of carbonyl (C=O) groups is 1. The minimum atomic E-state index is -0.0631. The molecular formula is C26H28N6O3. The number of benzene rings is 1. The number of ether oxygens (including phenoxy) is 1. The van der Waals surface area contributed by atoms with Crippen molar-refractivity contribution in [3.63, 3.8) is 0 Å². The molecule has 1 aromatic carbocycles. The highest BCUT2D eigenvalue weighted by molar-refractivity contribution is 5.92. The van der Waals surface area contributed by atoms with Gasteiger partial charge in [0, 0.05) is 32.1 Å². The third kappa shape index (κ3) is 4.00. The Hall–Kier alpha value is -3.88. The van der Waals surface area contributed by atoms with E-state index in [0.29, 0.717) is 31.3 Å². The smallest absolute Gasteiger partial charge is 0.289 e. The number of hydrogen-bond acceptors (Lipinski definition) is 7. The molecule has 6 rings (SSSR count). The van der Waals surface area contributed by atoms with Crippen LogP contribution < -0.4 is 9.64 Å². The molecule has 1 saturated carbocycles. The fraction of sp³-hybridized carbons (Fsp3) is 0.385. The number of fused-ring (bicyclic) bond motifs is 1. The maximum atomic E-state index is 12.8. The Labute approximate surface area is 203 Å². The summed E-state index contributed by atoms with van der Waals surface area (Å²) >= 11 is 0. The molecule has 1 aliphatic heterocycles.